The molecule has 0 saturated heterocycles. The molecule has 0 unspecified atom stereocenters. The molecule has 0 saturated carbocycles. The number of para-hydroxylation sites is 1. The molecule has 0 fully saturated rings. The van der Waals surface area contributed by atoms with Crippen LogP contribution in [0, 0.1) is 0 Å². The Bertz CT molecular complexity index is 2500. The summed E-state index contributed by atoms with van der Waals surface area (Å²) in [5.41, 5.74) is 11.1. The quantitative estimate of drug-likeness (QED) is 0.197. The van der Waals surface area contributed by atoms with Crippen LogP contribution in [0.2, 0.25) is 0 Å². The third-order valence-corrected chi connectivity index (χ3v) is 8.93. The van der Waals surface area contributed by atoms with E-state index in [1.165, 1.54) is 21.9 Å². The van der Waals surface area contributed by atoms with Gasteiger partial charge in [-0.2, -0.15) is 0 Å². The Kier molecular flexibility index (Phi) is 6.46. The van der Waals surface area contributed by atoms with Gasteiger partial charge in [0.15, 0.2) is 5.82 Å². The number of hydrogen-bond donors (Lipinski definition) is 0. The van der Waals surface area contributed by atoms with Crippen molar-refractivity contribution in [3.8, 4) is 56.2 Å². The molecule has 220 valence electrons. The van der Waals surface area contributed by atoms with Crippen LogP contribution in [0.15, 0.2) is 174 Å². The zero-order valence-corrected chi connectivity index (χ0v) is 25.5. The van der Waals surface area contributed by atoms with Crippen molar-refractivity contribution < 1.29 is 4.42 Å². The van der Waals surface area contributed by atoms with E-state index in [0.717, 1.165) is 61.1 Å². The van der Waals surface area contributed by atoms with Crippen LogP contribution in [0.5, 0.6) is 0 Å². The molecule has 2 aromatic heterocycles. The first-order chi connectivity index (χ1) is 23.3. The van der Waals surface area contributed by atoms with Crippen molar-refractivity contribution in [2.24, 2.45) is 0 Å². The number of aromatic nitrogens is 2. The first kappa shape index (κ1) is 27.0. The number of furan rings is 1. The first-order valence-electron chi connectivity index (χ1n) is 15.8. The highest BCUT2D eigenvalue weighted by molar-refractivity contribution is 6.17. The summed E-state index contributed by atoms with van der Waals surface area (Å²) >= 11 is 0. The van der Waals surface area contributed by atoms with Gasteiger partial charge in [0.2, 0.25) is 0 Å². The van der Waals surface area contributed by atoms with E-state index in [-0.39, 0.29) is 0 Å². The molecule has 0 bridgehead atoms. The normalized spacial score (nSPS) is 11.4. The average molecular weight is 601 g/mol. The molecular formula is C44H28N2O. The number of benzene rings is 7. The fraction of sp³-hybridized carbons (Fsp3) is 0. The summed E-state index contributed by atoms with van der Waals surface area (Å²) in [6.07, 6.45) is 0. The maximum Gasteiger partial charge on any atom is 0.161 e. The van der Waals surface area contributed by atoms with Gasteiger partial charge in [0, 0.05) is 33.0 Å². The van der Waals surface area contributed by atoms with Crippen molar-refractivity contribution in [3.63, 3.8) is 0 Å². The molecule has 0 aliphatic carbocycles. The zero-order valence-electron chi connectivity index (χ0n) is 25.5. The Morgan fingerprint density at radius 2 is 0.872 bits per heavy atom. The maximum absolute atomic E-state index is 6.74. The van der Waals surface area contributed by atoms with Crippen LogP contribution in [0.3, 0.4) is 0 Å². The minimum Gasteiger partial charge on any atom is -0.455 e. The summed E-state index contributed by atoms with van der Waals surface area (Å²) < 4.78 is 6.74. The summed E-state index contributed by atoms with van der Waals surface area (Å²) in [5, 5.41) is 4.45. The third-order valence-electron chi connectivity index (χ3n) is 8.93. The second kappa shape index (κ2) is 11.2. The second-order valence-corrected chi connectivity index (χ2v) is 11.7. The van der Waals surface area contributed by atoms with Gasteiger partial charge in [-0.25, -0.2) is 9.97 Å². The predicted octanol–water partition coefficient (Wildman–Crippen LogP) is 11.9. The number of nitrogens with zero attached hydrogens (tertiary/aromatic N) is 2. The Morgan fingerprint density at radius 1 is 0.362 bits per heavy atom. The summed E-state index contributed by atoms with van der Waals surface area (Å²) in [6.45, 7) is 0. The molecular weight excluding hydrogens is 572 g/mol. The van der Waals surface area contributed by atoms with E-state index in [4.69, 9.17) is 14.4 Å². The van der Waals surface area contributed by atoms with Gasteiger partial charge >= 0.3 is 0 Å². The van der Waals surface area contributed by atoms with E-state index in [1.807, 2.05) is 48.5 Å². The third kappa shape index (κ3) is 4.68. The van der Waals surface area contributed by atoms with Crippen LogP contribution in [0.25, 0.3) is 88.9 Å². The average Bonchev–Trinajstić information content (AvgIpc) is 3.55. The van der Waals surface area contributed by atoms with Crippen molar-refractivity contribution >= 4 is 32.7 Å². The molecule has 0 N–H and O–H groups in total. The van der Waals surface area contributed by atoms with E-state index in [9.17, 15) is 0 Å². The van der Waals surface area contributed by atoms with Gasteiger partial charge in [0.05, 0.1) is 11.4 Å². The van der Waals surface area contributed by atoms with Crippen molar-refractivity contribution in [2.45, 2.75) is 0 Å². The molecule has 7 aromatic carbocycles. The van der Waals surface area contributed by atoms with E-state index in [2.05, 4.69) is 121 Å². The first-order valence-corrected chi connectivity index (χ1v) is 15.8. The van der Waals surface area contributed by atoms with Crippen molar-refractivity contribution in [1.82, 2.24) is 9.97 Å². The minimum atomic E-state index is 0.668. The number of rotatable bonds is 5. The SMILES string of the molecule is c1ccc(-c2cc(-c3ccccc3)nc(-c3cccc4oc5c(-c6ccc(-c7ccccc7)c7ccccc67)cccc5c34)n2)cc1. The molecule has 0 amide bonds. The molecule has 0 radical (unpaired) electrons. The van der Waals surface area contributed by atoms with Gasteiger partial charge in [-0.1, -0.05) is 158 Å². The Hall–Kier alpha value is -6.32. The molecule has 3 heteroatoms. The minimum absolute atomic E-state index is 0.668. The number of fused-ring (bicyclic) bond motifs is 4. The van der Waals surface area contributed by atoms with Crippen LogP contribution in [-0.2, 0) is 0 Å². The van der Waals surface area contributed by atoms with E-state index in [0.29, 0.717) is 5.82 Å². The van der Waals surface area contributed by atoms with Gasteiger partial charge in [-0.05, 0) is 39.6 Å². The van der Waals surface area contributed by atoms with Crippen molar-refractivity contribution in [1.29, 1.82) is 0 Å². The zero-order chi connectivity index (χ0) is 31.2. The lowest BCUT2D eigenvalue weighted by molar-refractivity contribution is 0.670. The summed E-state index contributed by atoms with van der Waals surface area (Å²) in [6, 6.07) is 58.9. The predicted molar refractivity (Wildman–Crippen MR) is 194 cm³/mol. The lowest BCUT2D eigenvalue weighted by atomic mass is 9.91. The smallest absolute Gasteiger partial charge is 0.161 e. The van der Waals surface area contributed by atoms with Crippen molar-refractivity contribution in [2.75, 3.05) is 0 Å². The fourth-order valence-electron chi connectivity index (χ4n) is 6.73. The van der Waals surface area contributed by atoms with E-state index in [1.54, 1.807) is 0 Å². The highest BCUT2D eigenvalue weighted by atomic mass is 16.3. The Labute approximate surface area is 272 Å². The van der Waals surface area contributed by atoms with E-state index < -0.39 is 0 Å². The lowest BCUT2D eigenvalue weighted by Crippen LogP contribution is -1.96. The highest BCUT2D eigenvalue weighted by Gasteiger charge is 2.20. The van der Waals surface area contributed by atoms with Crippen LogP contribution in [0.4, 0.5) is 0 Å². The molecule has 0 aliphatic heterocycles. The molecule has 9 aromatic rings. The molecule has 0 atom stereocenters. The molecule has 2 heterocycles. The van der Waals surface area contributed by atoms with Crippen LogP contribution < -0.4 is 0 Å². The molecule has 9 rings (SSSR count). The molecule has 0 aliphatic rings. The van der Waals surface area contributed by atoms with Crippen LogP contribution >= 0.6 is 0 Å². The Morgan fingerprint density at radius 3 is 1.53 bits per heavy atom. The molecule has 47 heavy (non-hydrogen) atoms. The van der Waals surface area contributed by atoms with Gasteiger partial charge in [-0.3, -0.25) is 0 Å². The maximum atomic E-state index is 6.74. The number of hydrogen-bond acceptors (Lipinski definition) is 3. The lowest BCUT2D eigenvalue weighted by Gasteiger charge is -2.12. The monoisotopic (exact) mass is 600 g/mol. The summed E-state index contributed by atoms with van der Waals surface area (Å²) in [7, 11) is 0. The van der Waals surface area contributed by atoms with Gasteiger partial charge in [0.25, 0.3) is 0 Å². The van der Waals surface area contributed by atoms with Crippen molar-refractivity contribution in [3.05, 3.63) is 170 Å². The summed E-state index contributed by atoms with van der Waals surface area (Å²) in [4.78, 5) is 10.3. The van der Waals surface area contributed by atoms with Gasteiger partial charge in [-0.15, -0.1) is 0 Å². The van der Waals surface area contributed by atoms with Crippen LogP contribution in [-0.4, -0.2) is 9.97 Å². The Balaban J connectivity index is 1.27. The largest absolute Gasteiger partial charge is 0.455 e. The van der Waals surface area contributed by atoms with Gasteiger partial charge in [0.1, 0.15) is 11.2 Å². The molecule has 3 nitrogen and oxygen atoms in total. The van der Waals surface area contributed by atoms with Crippen LogP contribution in [0.1, 0.15) is 0 Å². The topological polar surface area (TPSA) is 38.9 Å². The second-order valence-electron chi connectivity index (χ2n) is 11.7. The highest BCUT2D eigenvalue weighted by Crippen LogP contribution is 2.43. The summed E-state index contributed by atoms with van der Waals surface area (Å²) in [5.74, 6) is 0.668. The molecule has 0 spiro atoms. The van der Waals surface area contributed by atoms with Gasteiger partial charge < -0.3 is 4.42 Å². The fourth-order valence-corrected chi connectivity index (χ4v) is 6.73. The standard InChI is InChI=1S/C44H28N2O/c1-4-14-29(15-5-1)32-26-27-35(34-21-11-10-20-33(32)34)36-22-12-23-37-42-38(24-13-25-41(42)47-43(36)37)44-45-39(30-16-6-2-7-17-30)28-40(46-44)31-18-8-3-9-19-31/h1-28H. The van der Waals surface area contributed by atoms with E-state index >= 15 is 0 Å².